The van der Waals surface area contributed by atoms with Crippen molar-refractivity contribution in [2.24, 2.45) is 0 Å². The van der Waals surface area contributed by atoms with Crippen LogP contribution in [0, 0.1) is 0 Å². The molecule has 4 aromatic rings. The molecule has 0 N–H and O–H groups in total. The summed E-state index contributed by atoms with van der Waals surface area (Å²) in [5.74, 6) is 0. The number of rotatable bonds is 4. The molecular formula is C30H34IN. The molecule has 0 aliphatic carbocycles. The van der Waals surface area contributed by atoms with Crippen LogP contribution in [0.4, 0.5) is 0 Å². The summed E-state index contributed by atoms with van der Waals surface area (Å²) in [4.78, 5) is 0. The van der Waals surface area contributed by atoms with Crippen LogP contribution in [0.15, 0.2) is 84.9 Å². The van der Waals surface area contributed by atoms with Crippen LogP contribution in [-0.4, -0.2) is 25.6 Å². The minimum Gasteiger partial charge on any atom is -1.00 e. The molecule has 1 nitrogen and oxygen atoms in total. The Morgan fingerprint density at radius 3 is 1.94 bits per heavy atom. The smallest absolute Gasteiger partial charge is 0.104 e. The quantitative estimate of drug-likeness (QED) is 0.263. The van der Waals surface area contributed by atoms with E-state index in [0.29, 0.717) is 0 Å². The van der Waals surface area contributed by atoms with Crippen LogP contribution in [-0.2, 0) is 12.0 Å². The van der Waals surface area contributed by atoms with Crippen molar-refractivity contribution in [2.45, 2.75) is 32.7 Å². The Hall–Kier alpha value is -2.17. The number of halogens is 1. The van der Waals surface area contributed by atoms with E-state index in [9.17, 15) is 0 Å². The molecule has 32 heavy (non-hydrogen) atoms. The Kier molecular flexibility index (Phi) is 7.16. The average molecular weight is 536 g/mol. The van der Waals surface area contributed by atoms with Crippen LogP contribution in [0.1, 0.15) is 31.9 Å². The number of quaternary nitrogens is 1. The highest BCUT2D eigenvalue weighted by atomic mass is 127. The number of hydrogen-bond acceptors (Lipinski definition) is 0. The zero-order valence-electron chi connectivity index (χ0n) is 20.1. The highest BCUT2D eigenvalue weighted by Crippen LogP contribution is 2.34. The first kappa shape index (κ1) is 24.5. The highest BCUT2D eigenvalue weighted by molar-refractivity contribution is 5.98. The van der Waals surface area contributed by atoms with Gasteiger partial charge >= 0.3 is 0 Å². The Morgan fingerprint density at radius 1 is 0.656 bits per heavy atom. The summed E-state index contributed by atoms with van der Waals surface area (Å²) >= 11 is 0. The monoisotopic (exact) mass is 535 g/mol. The van der Waals surface area contributed by atoms with Gasteiger partial charge in [0.05, 0.1) is 21.1 Å². The van der Waals surface area contributed by atoms with Gasteiger partial charge in [0.25, 0.3) is 0 Å². The molecule has 0 spiro atoms. The highest BCUT2D eigenvalue weighted by Gasteiger charge is 2.15. The lowest BCUT2D eigenvalue weighted by Crippen LogP contribution is -3.00. The van der Waals surface area contributed by atoms with Crippen molar-refractivity contribution in [3.63, 3.8) is 0 Å². The minimum absolute atomic E-state index is 0. The lowest BCUT2D eigenvalue weighted by atomic mass is 9.86. The summed E-state index contributed by atoms with van der Waals surface area (Å²) in [6.07, 6.45) is 0. The maximum Gasteiger partial charge on any atom is 0.104 e. The van der Waals surface area contributed by atoms with E-state index in [2.05, 4.69) is 127 Å². The van der Waals surface area contributed by atoms with Crippen molar-refractivity contribution in [3.8, 4) is 22.3 Å². The van der Waals surface area contributed by atoms with Gasteiger partial charge in [0, 0.05) is 5.56 Å². The van der Waals surface area contributed by atoms with Crippen molar-refractivity contribution in [2.75, 3.05) is 21.1 Å². The SMILES string of the molecule is CC(C)(C)c1ccc(-c2cccc3cc(-c4ccccc4C[N+](C)(C)C)ccc23)cc1.[I-]. The maximum atomic E-state index is 2.34. The molecular weight excluding hydrogens is 501 g/mol. The Labute approximate surface area is 210 Å². The molecule has 2 heteroatoms. The molecule has 0 radical (unpaired) electrons. The fourth-order valence-corrected chi connectivity index (χ4v) is 4.30. The third-order valence-corrected chi connectivity index (χ3v) is 5.92. The van der Waals surface area contributed by atoms with Gasteiger partial charge in [-0.05, 0) is 50.1 Å². The molecule has 0 heterocycles. The second-order valence-corrected chi connectivity index (χ2v) is 10.7. The molecule has 0 bridgehead atoms. The van der Waals surface area contributed by atoms with Gasteiger partial charge in [-0.1, -0.05) is 99.6 Å². The summed E-state index contributed by atoms with van der Waals surface area (Å²) in [5, 5.41) is 2.59. The molecule has 0 fully saturated rings. The second-order valence-electron chi connectivity index (χ2n) is 10.7. The Balaban J connectivity index is 0.00000289. The summed E-state index contributed by atoms with van der Waals surface area (Å²) in [6, 6.07) is 31.4. The Bertz CT molecular complexity index is 1210. The minimum atomic E-state index is 0. The molecule has 4 aromatic carbocycles. The first-order valence-electron chi connectivity index (χ1n) is 11.1. The fourth-order valence-electron chi connectivity index (χ4n) is 4.30. The summed E-state index contributed by atoms with van der Waals surface area (Å²) < 4.78 is 0.916. The molecule has 0 unspecified atom stereocenters. The largest absolute Gasteiger partial charge is 1.00 e. The molecule has 0 aliphatic heterocycles. The summed E-state index contributed by atoms with van der Waals surface area (Å²) in [5.41, 5.74) is 8.12. The first-order chi connectivity index (χ1) is 14.6. The molecule has 0 amide bonds. The fraction of sp³-hybridized carbons (Fsp3) is 0.267. The number of fused-ring (bicyclic) bond motifs is 1. The number of benzene rings is 4. The maximum absolute atomic E-state index is 2.34. The topological polar surface area (TPSA) is 0 Å². The van der Waals surface area contributed by atoms with Gasteiger partial charge in [-0.2, -0.15) is 0 Å². The predicted octanol–water partition coefficient (Wildman–Crippen LogP) is 4.68. The van der Waals surface area contributed by atoms with Crippen LogP contribution in [0.3, 0.4) is 0 Å². The molecule has 4 rings (SSSR count). The molecule has 0 aliphatic rings. The van der Waals surface area contributed by atoms with Crippen LogP contribution >= 0.6 is 0 Å². The van der Waals surface area contributed by atoms with E-state index < -0.39 is 0 Å². The van der Waals surface area contributed by atoms with Crippen LogP contribution in [0.25, 0.3) is 33.0 Å². The van der Waals surface area contributed by atoms with Gasteiger partial charge in [-0.15, -0.1) is 0 Å². The third-order valence-electron chi connectivity index (χ3n) is 5.92. The number of nitrogens with zero attached hydrogens (tertiary/aromatic N) is 1. The van der Waals surface area contributed by atoms with Gasteiger partial charge < -0.3 is 28.5 Å². The van der Waals surface area contributed by atoms with Gasteiger partial charge in [0.2, 0.25) is 0 Å². The van der Waals surface area contributed by atoms with Crippen LogP contribution in [0.2, 0.25) is 0 Å². The molecule has 0 saturated carbocycles. The Morgan fingerprint density at radius 2 is 1.28 bits per heavy atom. The van der Waals surface area contributed by atoms with Gasteiger partial charge in [-0.3, -0.25) is 0 Å². The van der Waals surface area contributed by atoms with E-state index in [1.54, 1.807) is 0 Å². The van der Waals surface area contributed by atoms with Gasteiger partial charge in [0.15, 0.2) is 0 Å². The van der Waals surface area contributed by atoms with E-state index in [4.69, 9.17) is 0 Å². The third kappa shape index (κ3) is 5.41. The van der Waals surface area contributed by atoms with E-state index >= 15 is 0 Å². The van der Waals surface area contributed by atoms with Crippen molar-refractivity contribution in [3.05, 3.63) is 96.1 Å². The summed E-state index contributed by atoms with van der Waals surface area (Å²) in [6.45, 7) is 7.79. The van der Waals surface area contributed by atoms with Crippen molar-refractivity contribution in [1.82, 2.24) is 0 Å². The zero-order valence-corrected chi connectivity index (χ0v) is 22.3. The second kappa shape index (κ2) is 9.36. The molecule has 0 saturated heterocycles. The molecule has 166 valence electrons. The van der Waals surface area contributed by atoms with Gasteiger partial charge in [-0.25, -0.2) is 0 Å². The lowest BCUT2D eigenvalue weighted by Gasteiger charge is -2.25. The van der Waals surface area contributed by atoms with E-state index in [-0.39, 0.29) is 29.4 Å². The van der Waals surface area contributed by atoms with Crippen molar-refractivity contribution in [1.29, 1.82) is 0 Å². The predicted molar refractivity (Wildman–Crippen MR) is 135 cm³/mol. The standard InChI is InChI=1S/C30H34N.HI/c1-30(2,3)26-17-14-22(15-18-26)28-13-9-11-23-20-24(16-19-29(23)28)27-12-8-7-10-25(27)21-31(4,5)6;/h7-20H,21H2,1-6H3;1H/q+1;/p-1. The first-order valence-corrected chi connectivity index (χ1v) is 11.1. The summed E-state index contributed by atoms with van der Waals surface area (Å²) in [7, 11) is 6.73. The molecule has 0 atom stereocenters. The van der Waals surface area contributed by atoms with Crippen LogP contribution < -0.4 is 24.0 Å². The van der Waals surface area contributed by atoms with Crippen molar-refractivity contribution < 1.29 is 28.5 Å². The average Bonchev–Trinajstić information content (AvgIpc) is 2.72. The van der Waals surface area contributed by atoms with Crippen molar-refractivity contribution >= 4 is 10.8 Å². The van der Waals surface area contributed by atoms with Gasteiger partial charge in [0.1, 0.15) is 6.54 Å². The normalized spacial score (nSPS) is 11.9. The van der Waals surface area contributed by atoms with E-state index in [1.807, 2.05) is 0 Å². The lowest BCUT2D eigenvalue weighted by molar-refractivity contribution is -0.883. The zero-order chi connectivity index (χ0) is 22.2. The van der Waals surface area contributed by atoms with E-state index in [1.165, 1.54) is 44.2 Å². The van der Waals surface area contributed by atoms with Crippen LogP contribution in [0.5, 0.6) is 0 Å². The van der Waals surface area contributed by atoms with E-state index in [0.717, 1.165) is 11.0 Å². The molecule has 0 aromatic heterocycles. The number of hydrogen-bond donors (Lipinski definition) is 0.